The molecule has 138 valence electrons. The Morgan fingerprint density at radius 1 is 1.30 bits per heavy atom. The van der Waals surface area contributed by atoms with Gasteiger partial charge in [-0.1, -0.05) is 23.4 Å². The van der Waals surface area contributed by atoms with Gasteiger partial charge in [-0.05, 0) is 30.5 Å². The number of hydrogen-bond acceptors (Lipinski definition) is 7. The van der Waals surface area contributed by atoms with Crippen LogP contribution in [0, 0.1) is 0 Å². The molecule has 2 heterocycles. The van der Waals surface area contributed by atoms with Crippen molar-refractivity contribution in [1.29, 1.82) is 0 Å². The fraction of sp³-hybridized carbons (Fsp3) is 0.118. The average Bonchev–Trinajstić information content (AvgIpc) is 2.67. The van der Waals surface area contributed by atoms with E-state index >= 15 is 0 Å². The van der Waals surface area contributed by atoms with E-state index in [0.29, 0.717) is 16.2 Å². The minimum atomic E-state index is -0.684. The van der Waals surface area contributed by atoms with Gasteiger partial charge in [0.05, 0.1) is 23.4 Å². The van der Waals surface area contributed by atoms with Gasteiger partial charge in [-0.3, -0.25) is 9.59 Å². The molecule has 0 radical (unpaired) electrons. The molecule has 2 N–H and O–H groups in total. The van der Waals surface area contributed by atoms with Crippen LogP contribution in [0.25, 0.3) is 11.0 Å². The minimum Gasteiger partial charge on any atom is -0.465 e. The lowest BCUT2D eigenvalue weighted by Gasteiger charge is -2.09. The van der Waals surface area contributed by atoms with Crippen LogP contribution < -0.4 is 10.9 Å². The summed E-state index contributed by atoms with van der Waals surface area (Å²) in [6, 6.07) is 5.68. The Hall–Kier alpha value is -2.91. The second-order valence-electron chi connectivity index (χ2n) is 5.31. The highest BCUT2D eigenvalue weighted by Gasteiger charge is 2.16. The van der Waals surface area contributed by atoms with Crippen LogP contribution in [-0.4, -0.2) is 40.2 Å². The Balaban J connectivity index is 1.96. The molecule has 0 aliphatic carbocycles. The van der Waals surface area contributed by atoms with Crippen molar-refractivity contribution >= 4 is 52.0 Å². The fourth-order valence-electron chi connectivity index (χ4n) is 2.30. The molecule has 27 heavy (non-hydrogen) atoms. The van der Waals surface area contributed by atoms with Gasteiger partial charge in [0.25, 0.3) is 11.5 Å². The van der Waals surface area contributed by atoms with Crippen LogP contribution in [0.3, 0.4) is 0 Å². The highest BCUT2D eigenvalue weighted by atomic mass is 35.5. The van der Waals surface area contributed by atoms with Crippen molar-refractivity contribution in [3.05, 3.63) is 57.0 Å². The predicted molar refractivity (Wildman–Crippen MR) is 103 cm³/mol. The number of benzene rings is 1. The number of ether oxygens (including phenoxy) is 1. The van der Waals surface area contributed by atoms with Crippen LogP contribution in [0.4, 0.5) is 5.69 Å². The van der Waals surface area contributed by atoms with E-state index in [2.05, 4.69) is 25.0 Å². The van der Waals surface area contributed by atoms with Gasteiger partial charge in [0, 0.05) is 11.6 Å². The molecule has 0 aliphatic rings. The third kappa shape index (κ3) is 3.93. The maximum atomic E-state index is 12.6. The third-order valence-corrected chi connectivity index (χ3v) is 4.53. The zero-order chi connectivity index (χ0) is 19.6. The molecule has 1 amide bonds. The molecule has 0 saturated carbocycles. The lowest BCUT2D eigenvalue weighted by Crippen LogP contribution is -2.23. The Labute approximate surface area is 162 Å². The molecule has 2 aromatic heterocycles. The summed E-state index contributed by atoms with van der Waals surface area (Å²) < 4.78 is 4.64. The van der Waals surface area contributed by atoms with Gasteiger partial charge >= 0.3 is 5.97 Å². The maximum absolute atomic E-state index is 12.6. The van der Waals surface area contributed by atoms with E-state index in [1.165, 1.54) is 49.3 Å². The van der Waals surface area contributed by atoms with E-state index < -0.39 is 17.4 Å². The van der Waals surface area contributed by atoms with Crippen LogP contribution in [-0.2, 0) is 4.74 Å². The molecule has 0 unspecified atom stereocenters. The highest BCUT2D eigenvalue weighted by Crippen LogP contribution is 2.24. The Morgan fingerprint density at radius 3 is 2.78 bits per heavy atom. The molecule has 0 aliphatic heterocycles. The van der Waals surface area contributed by atoms with Gasteiger partial charge in [-0.15, -0.1) is 0 Å². The lowest BCUT2D eigenvalue weighted by molar-refractivity contribution is 0.0600. The molecule has 3 rings (SSSR count). The molecule has 0 saturated heterocycles. The number of esters is 1. The van der Waals surface area contributed by atoms with Crippen LogP contribution >= 0.6 is 23.4 Å². The van der Waals surface area contributed by atoms with E-state index in [1.807, 2.05) is 6.26 Å². The number of thioether (sulfide) groups is 1. The van der Waals surface area contributed by atoms with Gasteiger partial charge in [-0.25, -0.2) is 14.8 Å². The number of nitrogens with one attached hydrogen (secondary N) is 2. The SMILES string of the molecule is COC(=O)c1ccc(Cl)c(NC(=O)c2cc3cnc(SC)nc3[nH]c2=O)c1. The van der Waals surface area contributed by atoms with Gasteiger partial charge in [0.15, 0.2) is 5.16 Å². The van der Waals surface area contributed by atoms with Crippen molar-refractivity contribution < 1.29 is 14.3 Å². The quantitative estimate of drug-likeness (QED) is 0.390. The Morgan fingerprint density at radius 2 is 2.07 bits per heavy atom. The van der Waals surface area contributed by atoms with Crippen LogP contribution in [0.2, 0.25) is 5.02 Å². The van der Waals surface area contributed by atoms with E-state index in [-0.39, 0.29) is 21.8 Å². The average molecular weight is 405 g/mol. The van der Waals surface area contributed by atoms with Crippen molar-refractivity contribution in [3.63, 3.8) is 0 Å². The number of rotatable bonds is 4. The van der Waals surface area contributed by atoms with Gasteiger partial charge < -0.3 is 15.0 Å². The van der Waals surface area contributed by atoms with Crippen molar-refractivity contribution in [2.75, 3.05) is 18.7 Å². The highest BCUT2D eigenvalue weighted by molar-refractivity contribution is 7.98. The number of nitrogens with zero attached hydrogens (tertiary/aromatic N) is 2. The summed E-state index contributed by atoms with van der Waals surface area (Å²) in [6.45, 7) is 0. The zero-order valence-corrected chi connectivity index (χ0v) is 15.8. The first kappa shape index (κ1) is 18.9. The molecule has 8 nitrogen and oxygen atoms in total. The molecule has 0 spiro atoms. The van der Waals surface area contributed by atoms with Crippen molar-refractivity contribution in [1.82, 2.24) is 15.0 Å². The number of carbonyl (C=O) groups is 2. The molecule has 0 atom stereocenters. The molecule has 1 aromatic carbocycles. The number of methoxy groups -OCH3 is 1. The Bertz CT molecular complexity index is 1120. The predicted octanol–water partition coefficient (Wildman–Crippen LogP) is 2.73. The van der Waals surface area contributed by atoms with Crippen molar-refractivity contribution in [2.45, 2.75) is 5.16 Å². The van der Waals surface area contributed by atoms with Gasteiger partial charge in [-0.2, -0.15) is 0 Å². The lowest BCUT2D eigenvalue weighted by atomic mass is 10.1. The minimum absolute atomic E-state index is 0.137. The number of anilines is 1. The second kappa shape index (κ2) is 7.77. The first-order valence-corrected chi connectivity index (χ1v) is 9.16. The summed E-state index contributed by atoms with van der Waals surface area (Å²) in [5.41, 5.74) is -0.0178. The normalized spacial score (nSPS) is 10.6. The monoisotopic (exact) mass is 404 g/mol. The second-order valence-corrected chi connectivity index (χ2v) is 6.49. The van der Waals surface area contributed by atoms with E-state index in [1.54, 1.807) is 0 Å². The molecular weight excluding hydrogens is 392 g/mol. The maximum Gasteiger partial charge on any atom is 0.337 e. The molecular formula is C17H13ClN4O4S. The fourth-order valence-corrected chi connectivity index (χ4v) is 2.80. The smallest absolute Gasteiger partial charge is 0.337 e. The number of aromatic nitrogens is 3. The Kier molecular flexibility index (Phi) is 5.43. The van der Waals surface area contributed by atoms with E-state index in [4.69, 9.17) is 11.6 Å². The largest absolute Gasteiger partial charge is 0.465 e. The number of amides is 1. The standard InChI is InChI=1S/C17H13ClN4O4S/c1-26-16(25)8-3-4-11(18)12(6-8)20-14(23)10-5-9-7-19-17(27-2)22-13(9)21-15(10)24/h3-7H,1-2H3,(H,20,23)(H,19,21,22,24). The number of pyridine rings is 1. The summed E-state index contributed by atoms with van der Waals surface area (Å²) >= 11 is 7.40. The van der Waals surface area contributed by atoms with Crippen LogP contribution in [0.1, 0.15) is 20.7 Å². The van der Waals surface area contributed by atoms with Gasteiger partial charge in [0.1, 0.15) is 11.2 Å². The number of carbonyl (C=O) groups excluding carboxylic acids is 2. The van der Waals surface area contributed by atoms with Crippen LogP contribution in [0.15, 0.2) is 40.4 Å². The first-order chi connectivity index (χ1) is 12.9. The summed E-state index contributed by atoms with van der Waals surface area (Å²) in [7, 11) is 1.24. The number of hydrogen-bond donors (Lipinski definition) is 2. The number of H-pyrrole nitrogens is 1. The molecule has 10 heteroatoms. The first-order valence-electron chi connectivity index (χ1n) is 7.56. The summed E-state index contributed by atoms with van der Waals surface area (Å²) in [4.78, 5) is 47.3. The molecule has 0 fully saturated rings. The summed E-state index contributed by atoms with van der Waals surface area (Å²) in [5, 5.41) is 3.75. The topological polar surface area (TPSA) is 114 Å². The third-order valence-electron chi connectivity index (χ3n) is 3.63. The van der Waals surface area contributed by atoms with E-state index in [9.17, 15) is 14.4 Å². The van der Waals surface area contributed by atoms with Crippen LogP contribution in [0.5, 0.6) is 0 Å². The zero-order valence-electron chi connectivity index (χ0n) is 14.2. The molecule has 3 aromatic rings. The summed E-state index contributed by atoms with van der Waals surface area (Å²) in [5.74, 6) is -1.26. The van der Waals surface area contributed by atoms with Crippen molar-refractivity contribution in [2.24, 2.45) is 0 Å². The van der Waals surface area contributed by atoms with E-state index in [0.717, 1.165) is 0 Å². The number of halogens is 1. The number of fused-ring (bicyclic) bond motifs is 1. The van der Waals surface area contributed by atoms with Gasteiger partial charge in [0.2, 0.25) is 0 Å². The molecule has 0 bridgehead atoms. The summed E-state index contributed by atoms with van der Waals surface area (Å²) in [6.07, 6.45) is 3.33. The number of aromatic amines is 1. The van der Waals surface area contributed by atoms with Crippen molar-refractivity contribution in [3.8, 4) is 0 Å².